The maximum absolute atomic E-state index is 15.0. The molecule has 1 aliphatic heterocycles. The van der Waals surface area contributed by atoms with Crippen molar-refractivity contribution in [2.45, 2.75) is 76.0 Å². The van der Waals surface area contributed by atoms with Gasteiger partial charge in [0, 0.05) is 43.3 Å². The van der Waals surface area contributed by atoms with Gasteiger partial charge >= 0.3 is 5.97 Å². The Morgan fingerprint density at radius 3 is 2.72 bits per heavy atom. The van der Waals surface area contributed by atoms with Gasteiger partial charge in [0.15, 0.2) is 11.6 Å². The number of aliphatic carboxylic acids is 1. The zero-order valence-corrected chi connectivity index (χ0v) is 22.2. The molecule has 2 aliphatic carbocycles. The molecular formula is C26H35FN4O4Si. The van der Waals surface area contributed by atoms with E-state index in [0.29, 0.717) is 49.6 Å². The molecule has 3 heterocycles. The van der Waals surface area contributed by atoms with E-state index in [4.69, 9.17) is 4.74 Å². The molecule has 2 N–H and O–H groups in total. The molecule has 8 nitrogen and oxygen atoms in total. The number of nitrogens with one attached hydrogen (secondary N) is 1. The first-order valence-corrected chi connectivity index (χ1v) is 16.6. The zero-order chi connectivity index (χ0) is 25.7. The molecule has 1 saturated heterocycles. The highest BCUT2D eigenvalue weighted by atomic mass is 28.3. The minimum absolute atomic E-state index is 0.128. The molecule has 3 atom stereocenters. The number of aromatic nitrogens is 3. The van der Waals surface area contributed by atoms with E-state index in [2.05, 4.69) is 35.0 Å². The second-order valence-corrected chi connectivity index (χ2v) is 17.5. The number of carboxylic acids is 1. The molecule has 0 aromatic carbocycles. The van der Waals surface area contributed by atoms with Crippen LogP contribution in [0.15, 0.2) is 18.3 Å². The number of halogens is 1. The first kappa shape index (κ1) is 25.2. The van der Waals surface area contributed by atoms with Crippen molar-refractivity contribution in [1.82, 2.24) is 20.1 Å². The molecular weight excluding hydrogens is 479 g/mol. The summed E-state index contributed by atoms with van der Waals surface area (Å²) >= 11 is 0. The molecule has 2 aromatic rings. The summed E-state index contributed by atoms with van der Waals surface area (Å²) in [6, 6.07) is 4.42. The maximum atomic E-state index is 15.0. The van der Waals surface area contributed by atoms with E-state index in [-0.39, 0.29) is 24.1 Å². The third-order valence-corrected chi connectivity index (χ3v) is 9.42. The van der Waals surface area contributed by atoms with Gasteiger partial charge in [-0.1, -0.05) is 19.6 Å². The van der Waals surface area contributed by atoms with Crippen LogP contribution in [-0.2, 0) is 16.3 Å². The number of ketones is 1. The fraction of sp³-hybridized carbons (Fsp3) is 0.615. The van der Waals surface area contributed by atoms with E-state index in [0.717, 1.165) is 24.6 Å². The first-order valence-electron chi connectivity index (χ1n) is 12.9. The molecule has 3 aliphatic rings. The molecule has 0 bridgehead atoms. The number of piperidine rings is 1. The Balaban J connectivity index is 1.40. The third kappa shape index (κ3) is 5.30. The number of Topliss-reactive ketones (excluding diaryl/α,β-unsaturated/α-hetero) is 1. The molecule has 194 valence electrons. The number of hydrogen-bond acceptors (Lipinski definition) is 6. The van der Waals surface area contributed by atoms with Crippen molar-refractivity contribution in [2.75, 3.05) is 13.2 Å². The van der Waals surface area contributed by atoms with Crippen molar-refractivity contribution < 1.29 is 23.8 Å². The largest absolute Gasteiger partial charge is 0.481 e. The lowest BCUT2D eigenvalue weighted by Crippen LogP contribution is -2.44. The number of nitrogens with zero attached hydrogens (tertiary/aromatic N) is 3. The van der Waals surface area contributed by atoms with Crippen molar-refractivity contribution in [3.05, 3.63) is 35.5 Å². The first-order chi connectivity index (χ1) is 17.1. The van der Waals surface area contributed by atoms with Crippen molar-refractivity contribution in [3.8, 4) is 11.3 Å². The minimum atomic E-state index is -1.28. The molecule has 2 saturated carbocycles. The highest BCUT2D eigenvalue weighted by Crippen LogP contribution is 2.51. The van der Waals surface area contributed by atoms with Crippen molar-refractivity contribution in [1.29, 1.82) is 0 Å². The Bertz CT molecular complexity index is 1180. The summed E-state index contributed by atoms with van der Waals surface area (Å²) in [4.78, 5) is 29.3. The van der Waals surface area contributed by atoms with E-state index < -0.39 is 31.3 Å². The van der Waals surface area contributed by atoms with Gasteiger partial charge in [-0.3, -0.25) is 14.6 Å². The summed E-state index contributed by atoms with van der Waals surface area (Å²) in [5.41, 5.74) is 1.53. The van der Waals surface area contributed by atoms with Gasteiger partial charge in [0.2, 0.25) is 0 Å². The molecule has 0 amide bonds. The van der Waals surface area contributed by atoms with Gasteiger partial charge in [-0.2, -0.15) is 5.10 Å². The van der Waals surface area contributed by atoms with Gasteiger partial charge in [-0.05, 0) is 56.8 Å². The fourth-order valence-electron chi connectivity index (χ4n) is 5.20. The Labute approximate surface area is 211 Å². The Hall–Kier alpha value is -2.43. The van der Waals surface area contributed by atoms with Gasteiger partial charge in [0.05, 0.1) is 17.8 Å². The lowest BCUT2D eigenvalue weighted by molar-refractivity contribution is -0.143. The average molecular weight is 515 g/mol. The maximum Gasteiger partial charge on any atom is 0.306 e. The van der Waals surface area contributed by atoms with Crippen LogP contribution in [-0.4, -0.2) is 58.4 Å². The number of carbonyl (C=O) groups excluding carboxylic acids is 1. The quantitative estimate of drug-likeness (QED) is 0.277. The topological polar surface area (TPSA) is 106 Å². The average Bonchev–Trinajstić information content (AvgIpc) is 3.74. The molecule has 0 radical (unpaired) electrons. The minimum Gasteiger partial charge on any atom is -0.481 e. The van der Waals surface area contributed by atoms with Gasteiger partial charge in [-0.25, -0.2) is 9.07 Å². The van der Waals surface area contributed by atoms with Gasteiger partial charge in [-0.15, -0.1) is 0 Å². The number of ether oxygens (including phenoxy) is 1. The SMILES string of the molecule is C[Si](C)(C)CCOCn1nc(C(=O)C2CC23CC(C(=O)O)CCN3)cc1-c1cc(C2CC2)ncc1F. The number of carboxylic acid groups (broad SMARTS) is 1. The van der Waals surface area contributed by atoms with Crippen LogP contribution >= 0.6 is 0 Å². The number of rotatable bonds is 10. The fourth-order valence-corrected chi connectivity index (χ4v) is 5.96. The van der Waals surface area contributed by atoms with Crippen molar-refractivity contribution in [2.24, 2.45) is 11.8 Å². The van der Waals surface area contributed by atoms with Gasteiger partial charge in [0.25, 0.3) is 0 Å². The molecule has 1 spiro atoms. The van der Waals surface area contributed by atoms with Crippen LogP contribution in [0, 0.1) is 17.7 Å². The van der Waals surface area contributed by atoms with Gasteiger partial charge < -0.3 is 15.2 Å². The Morgan fingerprint density at radius 1 is 1.25 bits per heavy atom. The van der Waals surface area contributed by atoms with Crippen LogP contribution in [0.1, 0.15) is 54.2 Å². The summed E-state index contributed by atoms with van der Waals surface area (Å²) in [5.74, 6) is -1.80. The number of pyridine rings is 1. The predicted octanol–water partition coefficient (Wildman–Crippen LogP) is 4.30. The Morgan fingerprint density at radius 2 is 2.03 bits per heavy atom. The summed E-state index contributed by atoms with van der Waals surface area (Å²) in [5, 5.41) is 17.4. The number of carbonyl (C=O) groups is 2. The summed E-state index contributed by atoms with van der Waals surface area (Å²) in [6.45, 7) is 8.12. The predicted molar refractivity (Wildman–Crippen MR) is 135 cm³/mol. The van der Waals surface area contributed by atoms with Gasteiger partial charge in [0.1, 0.15) is 12.4 Å². The lowest BCUT2D eigenvalue weighted by atomic mass is 9.88. The third-order valence-electron chi connectivity index (χ3n) is 7.71. The van der Waals surface area contributed by atoms with Crippen LogP contribution in [0.2, 0.25) is 25.7 Å². The number of hydrogen-bond donors (Lipinski definition) is 2. The Kier molecular flexibility index (Phi) is 6.63. The summed E-state index contributed by atoms with van der Waals surface area (Å²) in [7, 11) is -1.28. The van der Waals surface area contributed by atoms with Crippen LogP contribution in [0.5, 0.6) is 0 Å². The van der Waals surface area contributed by atoms with Crippen LogP contribution < -0.4 is 5.32 Å². The van der Waals surface area contributed by atoms with Crippen LogP contribution in [0.25, 0.3) is 11.3 Å². The van der Waals surface area contributed by atoms with E-state index in [9.17, 15) is 19.1 Å². The van der Waals surface area contributed by atoms with Crippen LogP contribution in [0.4, 0.5) is 4.39 Å². The molecule has 5 rings (SSSR count). The van der Waals surface area contributed by atoms with E-state index in [1.807, 2.05) is 0 Å². The summed E-state index contributed by atoms with van der Waals surface area (Å²) < 4.78 is 22.5. The summed E-state index contributed by atoms with van der Waals surface area (Å²) in [6.07, 6.45) is 4.96. The van der Waals surface area contributed by atoms with E-state index >= 15 is 0 Å². The zero-order valence-electron chi connectivity index (χ0n) is 21.2. The molecule has 36 heavy (non-hydrogen) atoms. The van der Waals surface area contributed by atoms with Crippen molar-refractivity contribution >= 4 is 19.8 Å². The second-order valence-electron chi connectivity index (χ2n) is 11.9. The smallest absolute Gasteiger partial charge is 0.306 e. The monoisotopic (exact) mass is 514 g/mol. The van der Waals surface area contributed by atoms with Crippen LogP contribution in [0.3, 0.4) is 0 Å². The highest BCUT2D eigenvalue weighted by molar-refractivity contribution is 6.76. The normalized spacial score (nSPS) is 25.8. The van der Waals surface area contributed by atoms with E-state index in [1.165, 1.54) is 6.20 Å². The van der Waals surface area contributed by atoms with Crippen molar-refractivity contribution in [3.63, 3.8) is 0 Å². The standard InChI is InChI=1S/C26H35FN4O4Si/c1-36(2,3)9-8-35-15-31-23(18-10-21(16-4-5-16)28-14-20(18)27)11-22(30-31)24(32)19-13-26(19)12-17(25(33)34)6-7-29-26/h10-11,14,16-17,19,29H,4-9,12-13,15H2,1-3H3,(H,33,34). The lowest BCUT2D eigenvalue weighted by Gasteiger charge is -2.28. The highest BCUT2D eigenvalue weighted by Gasteiger charge is 2.60. The molecule has 3 unspecified atom stereocenters. The molecule has 3 fully saturated rings. The molecule has 10 heteroatoms. The second kappa shape index (κ2) is 9.46. The molecule has 2 aromatic heterocycles. The van der Waals surface area contributed by atoms with E-state index in [1.54, 1.807) is 16.8 Å².